The van der Waals surface area contributed by atoms with Crippen LogP contribution in [0.4, 0.5) is 0 Å². The van der Waals surface area contributed by atoms with E-state index in [1.807, 2.05) is 36.2 Å². The lowest BCUT2D eigenvalue weighted by Gasteiger charge is -2.23. The smallest absolute Gasteiger partial charge is 0.263 e. The Hall–Kier alpha value is -0.780. The second-order valence-electron chi connectivity index (χ2n) is 5.36. The molecule has 1 aliphatic heterocycles. The van der Waals surface area contributed by atoms with Crippen molar-refractivity contribution < 1.29 is 4.79 Å². The van der Waals surface area contributed by atoms with E-state index in [2.05, 4.69) is 5.32 Å². The molecule has 0 spiro atoms. The van der Waals surface area contributed by atoms with Gasteiger partial charge in [-0.25, -0.2) is 0 Å². The normalized spacial score (nSPS) is 16.9. The highest BCUT2D eigenvalue weighted by molar-refractivity contribution is 7.17. The Morgan fingerprint density at radius 3 is 2.70 bits per heavy atom. The zero-order chi connectivity index (χ0) is 15.7. The van der Waals surface area contributed by atoms with Gasteiger partial charge in [-0.2, -0.15) is 0 Å². The number of benzene rings is 1. The number of likely N-dealkylation sites (N-methyl/N-ethyl adjacent to an activating group) is 1. The molecule has 3 rings (SSSR count). The number of carbonyl (C=O) groups is 1. The highest BCUT2D eigenvalue weighted by Crippen LogP contribution is 2.33. The summed E-state index contributed by atoms with van der Waals surface area (Å²) < 4.78 is 0. The molecule has 1 aromatic heterocycles. The minimum Gasteiger partial charge on any atom is -0.337 e. The van der Waals surface area contributed by atoms with E-state index in [1.54, 1.807) is 6.07 Å². The molecule has 2 aromatic rings. The summed E-state index contributed by atoms with van der Waals surface area (Å²) in [6.07, 6.45) is 1.01. The Labute approximate surface area is 156 Å². The molecule has 23 heavy (non-hydrogen) atoms. The average molecular weight is 392 g/mol. The molecule has 2 heterocycles. The van der Waals surface area contributed by atoms with Crippen LogP contribution in [0.15, 0.2) is 30.3 Å². The fraction of sp³-hybridized carbons (Fsp3) is 0.312. The van der Waals surface area contributed by atoms with Crippen molar-refractivity contribution in [1.29, 1.82) is 0 Å². The number of hydrogen-bond acceptors (Lipinski definition) is 3. The van der Waals surface area contributed by atoms with Crippen LogP contribution < -0.4 is 5.32 Å². The van der Waals surface area contributed by atoms with E-state index in [0.717, 1.165) is 34.8 Å². The van der Waals surface area contributed by atoms with E-state index in [0.29, 0.717) is 10.0 Å². The Kier molecular flexibility index (Phi) is 6.34. The highest BCUT2D eigenvalue weighted by Gasteiger charge is 2.25. The molecule has 1 saturated heterocycles. The summed E-state index contributed by atoms with van der Waals surface area (Å²) in [5.41, 5.74) is 0.976. The largest absolute Gasteiger partial charge is 0.337 e. The molecule has 1 fully saturated rings. The third kappa shape index (κ3) is 4.01. The van der Waals surface area contributed by atoms with Crippen LogP contribution in [0.5, 0.6) is 0 Å². The molecule has 7 heteroatoms. The van der Waals surface area contributed by atoms with Gasteiger partial charge in [0.15, 0.2) is 0 Å². The van der Waals surface area contributed by atoms with Gasteiger partial charge >= 0.3 is 0 Å². The molecule has 3 nitrogen and oxygen atoms in total. The molecule has 0 bridgehead atoms. The maximum absolute atomic E-state index is 12.6. The second-order valence-corrected chi connectivity index (χ2v) is 7.25. The second kappa shape index (κ2) is 7.86. The number of nitrogens with zero attached hydrogens (tertiary/aromatic N) is 1. The van der Waals surface area contributed by atoms with Crippen molar-refractivity contribution in [1.82, 2.24) is 10.2 Å². The van der Waals surface area contributed by atoms with Crippen molar-refractivity contribution in [2.24, 2.45) is 0 Å². The first-order valence-electron chi connectivity index (χ1n) is 7.09. The fourth-order valence-corrected chi connectivity index (χ4v) is 3.85. The van der Waals surface area contributed by atoms with Crippen LogP contribution in [0.2, 0.25) is 10.0 Å². The third-order valence-corrected chi connectivity index (χ3v) is 5.78. The van der Waals surface area contributed by atoms with Crippen molar-refractivity contribution in [3.63, 3.8) is 0 Å². The van der Waals surface area contributed by atoms with Gasteiger partial charge < -0.3 is 10.2 Å². The summed E-state index contributed by atoms with van der Waals surface area (Å²) in [5, 5.41) is 4.34. The topological polar surface area (TPSA) is 32.3 Å². The quantitative estimate of drug-likeness (QED) is 0.830. The molecule has 1 amide bonds. The predicted molar refractivity (Wildman–Crippen MR) is 100 cm³/mol. The maximum Gasteiger partial charge on any atom is 0.263 e. The number of carbonyl (C=O) groups excluding carboxylic acids is 1. The summed E-state index contributed by atoms with van der Waals surface area (Å²) >= 11 is 13.5. The van der Waals surface area contributed by atoms with Gasteiger partial charge in [-0.05, 0) is 42.8 Å². The molecule has 1 aromatic carbocycles. The number of hydrogen-bond donors (Lipinski definition) is 1. The van der Waals surface area contributed by atoms with Crippen molar-refractivity contribution >= 4 is 52.9 Å². The van der Waals surface area contributed by atoms with Crippen molar-refractivity contribution in [2.75, 3.05) is 20.1 Å². The van der Waals surface area contributed by atoms with E-state index < -0.39 is 0 Å². The molecule has 1 N–H and O–H groups in total. The van der Waals surface area contributed by atoms with Crippen molar-refractivity contribution in [3.05, 3.63) is 45.3 Å². The van der Waals surface area contributed by atoms with Crippen LogP contribution in [0.3, 0.4) is 0 Å². The minimum absolute atomic E-state index is 0. The zero-order valence-corrected chi connectivity index (χ0v) is 15.7. The van der Waals surface area contributed by atoms with Gasteiger partial charge in [-0.1, -0.05) is 29.3 Å². The molecule has 0 saturated carbocycles. The van der Waals surface area contributed by atoms with Crippen LogP contribution in [-0.4, -0.2) is 37.0 Å². The number of thiophene rings is 1. The highest BCUT2D eigenvalue weighted by atomic mass is 35.5. The number of nitrogens with one attached hydrogen (secondary N) is 1. The van der Waals surface area contributed by atoms with E-state index in [9.17, 15) is 4.79 Å². The third-order valence-electron chi connectivity index (χ3n) is 3.92. The van der Waals surface area contributed by atoms with Crippen LogP contribution in [-0.2, 0) is 0 Å². The fourth-order valence-electron chi connectivity index (χ4n) is 2.57. The van der Waals surface area contributed by atoms with Crippen LogP contribution >= 0.6 is 46.9 Å². The number of rotatable bonds is 3. The van der Waals surface area contributed by atoms with E-state index in [4.69, 9.17) is 23.2 Å². The van der Waals surface area contributed by atoms with Crippen molar-refractivity contribution in [2.45, 2.75) is 12.5 Å². The molecule has 1 unspecified atom stereocenters. The van der Waals surface area contributed by atoms with Gasteiger partial charge in [-0.3, -0.25) is 4.79 Å². The van der Waals surface area contributed by atoms with E-state index in [-0.39, 0.29) is 24.4 Å². The summed E-state index contributed by atoms with van der Waals surface area (Å²) in [4.78, 5) is 16.2. The van der Waals surface area contributed by atoms with Crippen molar-refractivity contribution in [3.8, 4) is 10.4 Å². The van der Waals surface area contributed by atoms with Gasteiger partial charge in [0.2, 0.25) is 0 Å². The SMILES string of the molecule is CN(C(=O)c1ccc(-c2ccc(Cl)c(Cl)c2)s1)C1CCNC1.Cl. The molecule has 0 aliphatic carbocycles. The van der Waals surface area contributed by atoms with Gasteiger partial charge in [0.25, 0.3) is 5.91 Å². The Morgan fingerprint density at radius 2 is 2.04 bits per heavy atom. The summed E-state index contributed by atoms with van der Waals surface area (Å²) in [6.45, 7) is 1.84. The van der Waals surface area contributed by atoms with Crippen LogP contribution in [0.1, 0.15) is 16.1 Å². The molecule has 1 atom stereocenters. The Balaban J connectivity index is 0.00000192. The molecule has 124 valence electrons. The summed E-state index contributed by atoms with van der Waals surface area (Å²) in [5.74, 6) is 0.0741. The van der Waals surface area contributed by atoms with E-state index in [1.165, 1.54) is 11.3 Å². The van der Waals surface area contributed by atoms with Gasteiger partial charge in [0, 0.05) is 24.5 Å². The lowest BCUT2D eigenvalue weighted by Crippen LogP contribution is -2.37. The molecular weight excluding hydrogens is 375 g/mol. The first kappa shape index (κ1) is 18.6. The number of halogens is 3. The minimum atomic E-state index is 0. The maximum atomic E-state index is 12.6. The summed E-state index contributed by atoms with van der Waals surface area (Å²) in [7, 11) is 1.87. The molecule has 0 radical (unpaired) electrons. The van der Waals surface area contributed by atoms with Crippen LogP contribution in [0, 0.1) is 0 Å². The first-order valence-corrected chi connectivity index (χ1v) is 8.66. The monoisotopic (exact) mass is 390 g/mol. The van der Waals surface area contributed by atoms with Crippen LogP contribution in [0.25, 0.3) is 10.4 Å². The molecular formula is C16H17Cl3N2OS. The zero-order valence-electron chi connectivity index (χ0n) is 12.5. The standard InChI is InChI=1S/C16H16Cl2N2OS.ClH/c1-20(11-6-7-19-9-11)16(21)15-5-4-14(22-15)10-2-3-12(17)13(18)8-10;/h2-5,8,11,19H,6-7,9H2,1H3;1H. The first-order chi connectivity index (χ1) is 10.6. The number of amides is 1. The van der Waals surface area contributed by atoms with Gasteiger partial charge in [-0.15, -0.1) is 23.7 Å². The molecule has 1 aliphatic rings. The lowest BCUT2D eigenvalue weighted by atomic mass is 10.2. The average Bonchev–Trinajstić information content (AvgIpc) is 3.19. The van der Waals surface area contributed by atoms with Gasteiger partial charge in [0.05, 0.1) is 14.9 Å². The predicted octanol–water partition coefficient (Wildman–Crippen LogP) is 4.58. The Bertz CT molecular complexity index is 698. The van der Waals surface area contributed by atoms with E-state index >= 15 is 0 Å². The summed E-state index contributed by atoms with van der Waals surface area (Å²) in [6, 6.07) is 9.63. The van der Waals surface area contributed by atoms with Gasteiger partial charge in [0.1, 0.15) is 0 Å². The Morgan fingerprint density at radius 1 is 1.26 bits per heavy atom. The lowest BCUT2D eigenvalue weighted by molar-refractivity contribution is 0.0748.